The lowest BCUT2D eigenvalue weighted by Gasteiger charge is -2.28. The molecule has 0 amide bonds. The smallest absolute Gasteiger partial charge is 0.393 e. The highest BCUT2D eigenvalue weighted by atomic mass is 19.1. The van der Waals surface area contributed by atoms with Crippen LogP contribution in [0.5, 0.6) is 5.75 Å². The lowest BCUT2D eigenvalue weighted by atomic mass is 10.0. The number of hydrogen-bond acceptors (Lipinski definition) is 4. The van der Waals surface area contributed by atoms with Gasteiger partial charge in [-0.15, -0.1) is 0 Å². The topological polar surface area (TPSA) is 44.8 Å². The number of carbonyl (C=O) groups excluding carboxylic acids is 1. The summed E-state index contributed by atoms with van der Waals surface area (Å²) < 4.78 is 30.4. The lowest BCUT2D eigenvalue weighted by molar-refractivity contribution is -0.201. The molecule has 1 aliphatic heterocycles. The van der Waals surface area contributed by atoms with Crippen molar-refractivity contribution in [3.63, 3.8) is 0 Å². The van der Waals surface area contributed by atoms with E-state index in [1.807, 2.05) is 42.5 Å². The second-order valence-corrected chi connectivity index (χ2v) is 7.10. The highest BCUT2D eigenvalue weighted by Gasteiger charge is 2.50. The van der Waals surface area contributed by atoms with Gasteiger partial charge in [0, 0.05) is 12.8 Å². The molecule has 29 heavy (non-hydrogen) atoms. The second-order valence-electron chi connectivity index (χ2n) is 7.10. The summed E-state index contributed by atoms with van der Waals surface area (Å²) >= 11 is 0. The van der Waals surface area contributed by atoms with E-state index in [4.69, 9.17) is 14.2 Å². The summed E-state index contributed by atoms with van der Waals surface area (Å²) in [5.74, 6) is -1.89. The molecular weight excluding hydrogens is 371 g/mol. The molecule has 2 unspecified atom stereocenters. The summed E-state index contributed by atoms with van der Waals surface area (Å²) in [6.45, 7) is 5.59. The van der Waals surface area contributed by atoms with E-state index in [0.717, 1.165) is 16.3 Å². The van der Waals surface area contributed by atoms with Crippen LogP contribution >= 0.6 is 0 Å². The summed E-state index contributed by atoms with van der Waals surface area (Å²) in [6.07, 6.45) is 0.242. The largest absolute Gasteiger partial charge is 0.452 e. The molecule has 0 aromatic heterocycles. The van der Waals surface area contributed by atoms with Gasteiger partial charge in [-0.05, 0) is 53.6 Å². The van der Waals surface area contributed by atoms with E-state index in [2.05, 4.69) is 6.58 Å². The molecule has 3 aromatic rings. The number of fused-ring (bicyclic) bond motifs is 1. The summed E-state index contributed by atoms with van der Waals surface area (Å²) in [5.41, 5.74) is 0.866. The molecule has 0 N–H and O–H groups in total. The molecule has 0 aliphatic carbocycles. The number of benzene rings is 3. The predicted octanol–water partition coefficient (Wildman–Crippen LogP) is 5.68. The van der Waals surface area contributed by atoms with Crippen LogP contribution in [0, 0.1) is 5.82 Å². The van der Waals surface area contributed by atoms with Gasteiger partial charge in [0.2, 0.25) is 0 Å². The fraction of sp³-hybridized carbons (Fsp3) is 0.208. The quantitative estimate of drug-likeness (QED) is 0.524. The molecule has 1 saturated heterocycles. The fourth-order valence-electron chi connectivity index (χ4n) is 3.37. The Morgan fingerprint density at radius 3 is 2.52 bits per heavy atom. The number of ether oxygens (including phenoxy) is 3. The number of hydrogen-bond donors (Lipinski definition) is 0. The summed E-state index contributed by atoms with van der Waals surface area (Å²) in [4.78, 5) is 13.0. The van der Waals surface area contributed by atoms with Gasteiger partial charge in [0.15, 0.2) is 0 Å². The maximum absolute atomic E-state index is 13.2. The van der Waals surface area contributed by atoms with Gasteiger partial charge in [-0.2, -0.15) is 0 Å². The van der Waals surface area contributed by atoms with Gasteiger partial charge in [0.05, 0.1) is 5.76 Å². The first-order chi connectivity index (χ1) is 13.9. The molecule has 0 radical (unpaired) electrons. The van der Waals surface area contributed by atoms with Gasteiger partial charge in [0.25, 0.3) is 0 Å². The van der Waals surface area contributed by atoms with Gasteiger partial charge in [-0.1, -0.05) is 43.0 Å². The molecule has 1 heterocycles. The van der Waals surface area contributed by atoms with E-state index >= 15 is 0 Å². The van der Waals surface area contributed by atoms with Gasteiger partial charge in [0.1, 0.15) is 17.7 Å². The van der Waals surface area contributed by atoms with E-state index in [9.17, 15) is 9.18 Å². The van der Waals surface area contributed by atoms with Crippen molar-refractivity contribution in [2.75, 3.05) is 0 Å². The van der Waals surface area contributed by atoms with Crippen molar-refractivity contribution in [2.24, 2.45) is 0 Å². The zero-order valence-corrected chi connectivity index (χ0v) is 16.1. The van der Waals surface area contributed by atoms with Crippen LogP contribution in [0.1, 0.15) is 31.4 Å². The van der Waals surface area contributed by atoms with Crippen LogP contribution < -0.4 is 4.74 Å². The van der Waals surface area contributed by atoms with Gasteiger partial charge in [-0.3, -0.25) is 0 Å². The molecule has 1 fully saturated rings. The van der Waals surface area contributed by atoms with Gasteiger partial charge < -0.3 is 14.2 Å². The van der Waals surface area contributed by atoms with E-state index in [-0.39, 0.29) is 6.42 Å². The van der Waals surface area contributed by atoms with Gasteiger partial charge >= 0.3 is 11.8 Å². The third kappa shape index (κ3) is 3.94. The van der Waals surface area contributed by atoms with E-state index in [1.165, 1.54) is 24.3 Å². The van der Waals surface area contributed by atoms with Crippen LogP contribution in [0.25, 0.3) is 10.8 Å². The minimum atomic E-state index is -1.62. The zero-order valence-electron chi connectivity index (χ0n) is 16.1. The second kappa shape index (κ2) is 7.59. The highest BCUT2D eigenvalue weighted by Crippen LogP contribution is 2.37. The Morgan fingerprint density at radius 1 is 1.10 bits per heavy atom. The van der Waals surface area contributed by atoms with Crippen molar-refractivity contribution in [1.82, 2.24) is 0 Å². The Kier molecular flexibility index (Phi) is 4.97. The maximum atomic E-state index is 13.2. The van der Waals surface area contributed by atoms with E-state index < -0.39 is 23.7 Å². The monoisotopic (exact) mass is 392 g/mol. The summed E-state index contributed by atoms with van der Waals surface area (Å²) in [7, 11) is 0. The minimum Gasteiger partial charge on any atom is -0.452 e. The molecule has 1 aliphatic rings. The molecule has 4 rings (SSSR count). The molecular formula is C24H21FO4. The van der Waals surface area contributed by atoms with Crippen molar-refractivity contribution in [1.29, 1.82) is 0 Å². The normalized spacial score (nSPS) is 19.6. The minimum absolute atomic E-state index is 0.270. The number of esters is 1. The number of carbonyl (C=O) groups is 1. The van der Waals surface area contributed by atoms with Crippen molar-refractivity contribution < 1.29 is 23.4 Å². The van der Waals surface area contributed by atoms with Crippen molar-refractivity contribution in [2.45, 2.75) is 31.7 Å². The molecule has 5 heteroatoms. The molecule has 2 atom stereocenters. The van der Waals surface area contributed by atoms with Crippen molar-refractivity contribution in [3.05, 3.63) is 90.4 Å². The maximum Gasteiger partial charge on any atom is 0.393 e. The Hall–Kier alpha value is -3.34. The average Bonchev–Trinajstić information content (AvgIpc) is 3.11. The predicted molar refractivity (Wildman–Crippen MR) is 108 cm³/mol. The highest BCUT2D eigenvalue weighted by molar-refractivity contribution is 5.83. The van der Waals surface area contributed by atoms with E-state index in [1.54, 1.807) is 6.92 Å². The molecule has 0 spiro atoms. The zero-order chi connectivity index (χ0) is 20.4. The van der Waals surface area contributed by atoms with Crippen molar-refractivity contribution in [3.8, 4) is 5.75 Å². The number of allylic oxidation sites excluding steroid dienone is 1. The first kappa shape index (κ1) is 19.0. The Bertz CT molecular complexity index is 1060. The van der Waals surface area contributed by atoms with Crippen LogP contribution in [0.15, 0.2) is 79.1 Å². The number of halogens is 1. The molecule has 148 valence electrons. The SMILES string of the molecule is C=C1CCC(Oc2ccc(F)cc2)(C(=O)OC(C)c2ccc3ccccc3c2)O1. The summed E-state index contributed by atoms with van der Waals surface area (Å²) in [6, 6.07) is 19.3. The molecule has 4 nitrogen and oxygen atoms in total. The third-order valence-electron chi connectivity index (χ3n) is 4.98. The van der Waals surface area contributed by atoms with E-state index in [0.29, 0.717) is 17.9 Å². The third-order valence-corrected chi connectivity index (χ3v) is 4.98. The van der Waals surface area contributed by atoms with Crippen LogP contribution in [-0.2, 0) is 14.3 Å². The van der Waals surface area contributed by atoms with Crippen LogP contribution in [0.4, 0.5) is 4.39 Å². The fourth-order valence-corrected chi connectivity index (χ4v) is 3.37. The lowest BCUT2D eigenvalue weighted by Crippen LogP contribution is -2.45. The first-order valence-electron chi connectivity index (χ1n) is 9.46. The molecule has 0 saturated carbocycles. The van der Waals surface area contributed by atoms with Crippen molar-refractivity contribution >= 4 is 16.7 Å². The standard InChI is InChI=1S/C24H21FO4/c1-16-13-14-24(28-16,29-22-11-9-21(25)10-12-22)23(26)27-17(2)19-8-7-18-5-3-4-6-20(18)15-19/h3-12,15,17H,1,13-14H2,2H3. The Morgan fingerprint density at radius 2 is 1.83 bits per heavy atom. The average molecular weight is 392 g/mol. The van der Waals surface area contributed by atoms with Crippen LogP contribution in [-0.4, -0.2) is 11.8 Å². The van der Waals surface area contributed by atoms with Gasteiger partial charge in [-0.25, -0.2) is 9.18 Å². The van der Waals surface area contributed by atoms with Crippen LogP contribution in [0.3, 0.4) is 0 Å². The van der Waals surface area contributed by atoms with Crippen LogP contribution in [0.2, 0.25) is 0 Å². The Balaban J connectivity index is 1.55. The number of rotatable bonds is 5. The molecule has 0 bridgehead atoms. The Labute approximate surface area is 168 Å². The first-order valence-corrected chi connectivity index (χ1v) is 9.46. The summed E-state index contributed by atoms with van der Waals surface area (Å²) in [5, 5.41) is 2.18. The molecule has 3 aromatic carbocycles.